The highest BCUT2D eigenvalue weighted by molar-refractivity contribution is 6.18. The van der Waals surface area contributed by atoms with E-state index in [1.54, 1.807) is 0 Å². The summed E-state index contributed by atoms with van der Waals surface area (Å²) in [5, 5.41) is 0. The number of carbonyl (C=O) groups is 1. The zero-order chi connectivity index (χ0) is 11.5. The Hall–Kier alpha value is 0.01000. The first-order valence-corrected chi connectivity index (χ1v) is 6.06. The molecule has 1 rings (SSSR count). The predicted octanol–water partition coefficient (Wildman–Crippen LogP) is 1.84. The number of piperazine rings is 1. The zero-order valence-electron chi connectivity index (χ0n) is 10.3. The largest absolute Gasteiger partial charge is 0.340 e. The molecule has 1 aliphatic rings. The van der Waals surface area contributed by atoms with Crippen molar-refractivity contribution < 1.29 is 4.79 Å². The average molecular weight is 269 g/mol. The molecule has 0 aromatic heterocycles. The van der Waals surface area contributed by atoms with E-state index in [9.17, 15) is 4.79 Å². The molecule has 5 heteroatoms. The molecule has 1 fully saturated rings. The van der Waals surface area contributed by atoms with Gasteiger partial charge in [-0.2, -0.15) is 0 Å². The van der Waals surface area contributed by atoms with Crippen molar-refractivity contribution in [3.63, 3.8) is 0 Å². The molecule has 3 nitrogen and oxygen atoms in total. The molecule has 0 bridgehead atoms. The summed E-state index contributed by atoms with van der Waals surface area (Å²) in [5.41, 5.74) is -0.255. The molecule has 1 heterocycles. The van der Waals surface area contributed by atoms with E-state index in [4.69, 9.17) is 11.6 Å². The second kappa shape index (κ2) is 6.67. The fourth-order valence-corrected chi connectivity index (χ4v) is 2.01. The second-order valence-electron chi connectivity index (χ2n) is 5.07. The fraction of sp³-hybridized carbons (Fsp3) is 0.909. The smallest absolute Gasteiger partial charge is 0.228 e. The highest BCUT2D eigenvalue weighted by Crippen LogP contribution is 2.18. The Balaban J connectivity index is 0.00000225. The van der Waals surface area contributed by atoms with E-state index in [-0.39, 0.29) is 23.7 Å². The monoisotopic (exact) mass is 268 g/mol. The van der Waals surface area contributed by atoms with Crippen molar-refractivity contribution in [1.82, 2.24) is 9.80 Å². The molecule has 0 aromatic carbocycles. The van der Waals surface area contributed by atoms with Gasteiger partial charge in [0.1, 0.15) is 0 Å². The highest BCUT2D eigenvalue weighted by Gasteiger charge is 2.29. The fourth-order valence-electron chi connectivity index (χ4n) is 1.77. The van der Waals surface area contributed by atoms with Crippen LogP contribution < -0.4 is 0 Å². The van der Waals surface area contributed by atoms with E-state index in [2.05, 4.69) is 4.90 Å². The van der Waals surface area contributed by atoms with E-state index in [0.717, 1.165) is 32.7 Å². The Morgan fingerprint density at radius 1 is 1.19 bits per heavy atom. The van der Waals surface area contributed by atoms with Crippen LogP contribution in [0.1, 0.15) is 20.8 Å². The van der Waals surface area contributed by atoms with Crippen LogP contribution in [0.25, 0.3) is 0 Å². The van der Waals surface area contributed by atoms with E-state index >= 15 is 0 Å². The highest BCUT2D eigenvalue weighted by atomic mass is 35.5. The van der Waals surface area contributed by atoms with Crippen molar-refractivity contribution in [3.8, 4) is 0 Å². The van der Waals surface area contributed by atoms with Crippen LogP contribution in [0.2, 0.25) is 0 Å². The van der Waals surface area contributed by atoms with Crippen LogP contribution in [0.4, 0.5) is 0 Å². The number of nitrogens with zero attached hydrogens (tertiary/aromatic N) is 2. The zero-order valence-corrected chi connectivity index (χ0v) is 11.9. The first-order valence-electron chi connectivity index (χ1n) is 5.53. The molecule has 0 saturated carbocycles. The van der Waals surface area contributed by atoms with E-state index in [1.165, 1.54) is 0 Å². The van der Waals surface area contributed by atoms with Gasteiger partial charge < -0.3 is 4.90 Å². The molecule has 16 heavy (non-hydrogen) atoms. The van der Waals surface area contributed by atoms with Crippen molar-refractivity contribution in [1.29, 1.82) is 0 Å². The molecule has 96 valence electrons. The molecule has 0 unspecified atom stereocenters. The molecule has 1 amide bonds. The molecular weight excluding hydrogens is 247 g/mol. The normalized spacial score (nSPS) is 18.1. The molecule has 0 spiro atoms. The number of rotatable bonds is 2. The lowest BCUT2D eigenvalue weighted by atomic mass is 9.94. The number of hydrogen-bond donors (Lipinski definition) is 0. The molecule has 0 atom stereocenters. The van der Waals surface area contributed by atoms with Gasteiger partial charge in [-0.25, -0.2) is 0 Å². The topological polar surface area (TPSA) is 23.6 Å². The summed E-state index contributed by atoms with van der Waals surface area (Å²) in [6.07, 6.45) is 0. The molecule has 0 aliphatic carbocycles. The maximum Gasteiger partial charge on any atom is 0.228 e. The molecule has 0 N–H and O–H groups in total. The summed E-state index contributed by atoms with van der Waals surface area (Å²) in [7, 11) is 0. The lowest BCUT2D eigenvalue weighted by molar-refractivity contribution is -0.141. The summed E-state index contributed by atoms with van der Waals surface area (Å²) in [4.78, 5) is 16.2. The lowest BCUT2D eigenvalue weighted by Gasteiger charge is -2.37. The van der Waals surface area contributed by atoms with E-state index in [1.807, 2.05) is 25.7 Å². The first kappa shape index (κ1) is 16.0. The maximum atomic E-state index is 12.0. The number of hydrogen-bond acceptors (Lipinski definition) is 2. The van der Waals surface area contributed by atoms with Crippen LogP contribution in [-0.2, 0) is 4.79 Å². The Bertz CT molecular complexity index is 221. The van der Waals surface area contributed by atoms with Crippen LogP contribution >= 0.6 is 24.0 Å². The van der Waals surface area contributed by atoms with Gasteiger partial charge in [0, 0.05) is 44.0 Å². The minimum atomic E-state index is -0.255. The van der Waals surface area contributed by atoms with Crippen molar-refractivity contribution in [2.75, 3.05) is 38.6 Å². The van der Waals surface area contributed by atoms with Crippen molar-refractivity contribution in [3.05, 3.63) is 0 Å². The number of halogens is 2. The van der Waals surface area contributed by atoms with Gasteiger partial charge >= 0.3 is 0 Å². The van der Waals surface area contributed by atoms with Crippen molar-refractivity contribution in [2.24, 2.45) is 5.41 Å². The molecule has 0 aromatic rings. The first-order chi connectivity index (χ1) is 6.95. The molecular formula is C11H22Cl2N2O. The third-order valence-corrected chi connectivity index (χ3v) is 2.87. The Kier molecular flexibility index (Phi) is 6.68. The number of carbonyl (C=O) groups excluding carboxylic acids is 1. The molecule has 1 saturated heterocycles. The van der Waals surface area contributed by atoms with Gasteiger partial charge in [-0.15, -0.1) is 24.0 Å². The SMILES string of the molecule is CC(C)(C)C(=O)N1CCN(CCCl)CC1.Cl. The van der Waals surface area contributed by atoms with E-state index in [0.29, 0.717) is 5.88 Å². The van der Waals surface area contributed by atoms with E-state index < -0.39 is 0 Å². The van der Waals surface area contributed by atoms with Gasteiger partial charge in [-0.3, -0.25) is 9.69 Å². The number of alkyl halides is 1. The molecule has 0 radical (unpaired) electrons. The van der Waals surface area contributed by atoms with Crippen LogP contribution in [0.5, 0.6) is 0 Å². The van der Waals surface area contributed by atoms with Crippen LogP contribution in [-0.4, -0.2) is 54.3 Å². The van der Waals surface area contributed by atoms with Crippen molar-refractivity contribution >= 4 is 29.9 Å². The predicted molar refractivity (Wildman–Crippen MR) is 70.4 cm³/mol. The lowest BCUT2D eigenvalue weighted by Crippen LogP contribution is -2.51. The van der Waals surface area contributed by atoms with Gasteiger partial charge in [0.25, 0.3) is 0 Å². The third kappa shape index (κ3) is 4.48. The van der Waals surface area contributed by atoms with Gasteiger partial charge in [0.2, 0.25) is 5.91 Å². The van der Waals surface area contributed by atoms with Crippen LogP contribution in [0.15, 0.2) is 0 Å². The second-order valence-corrected chi connectivity index (χ2v) is 5.45. The summed E-state index contributed by atoms with van der Waals surface area (Å²) in [6, 6.07) is 0. The Labute approximate surface area is 110 Å². The average Bonchev–Trinajstić information content (AvgIpc) is 2.17. The molecule has 1 aliphatic heterocycles. The van der Waals surface area contributed by atoms with Gasteiger partial charge in [0.15, 0.2) is 0 Å². The van der Waals surface area contributed by atoms with Crippen LogP contribution in [0.3, 0.4) is 0 Å². The summed E-state index contributed by atoms with van der Waals surface area (Å²) in [5.74, 6) is 0.931. The summed E-state index contributed by atoms with van der Waals surface area (Å²) in [6.45, 7) is 10.4. The summed E-state index contributed by atoms with van der Waals surface area (Å²) < 4.78 is 0. The third-order valence-electron chi connectivity index (χ3n) is 2.70. The summed E-state index contributed by atoms with van der Waals surface area (Å²) >= 11 is 5.68. The quantitative estimate of drug-likeness (QED) is 0.714. The standard InChI is InChI=1S/C11H21ClN2O.ClH/c1-11(2,3)10(15)14-8-6-13(5-4-12)7-9-14;/h4-9H2,1-3H3;1H. The number of amides is 1. The van der Waals surface area contributed by atoms with Crippen molar-refractivity contribution in [2.45, 2.75) is 20.8 Å². The van der Waals surface area contributed by atoms with Gasteiger partial charge in [-0.1, -0.05) is 20.8 Å². The Morgan fingerprint density at radius 3 is 2.06 bits per heavy atom. The minimum absolute atomic E-state index is 0. The minimum Gasteiger partial charge on any atom is -0.340 e. The van der Waals surface area contributed by atoms with Crippen LogP contribution in [0, 0.1) is 5.41 Å². The van der Waals surface area contributed by atoms with Gasteiger partial charge in [-0.05, 0) is 0 Å². The Morgan fingerprint density at radius 2 is 1.69 bits per heavy atom. The van der Waals surface area contributed by atoms with Gasteiger partial charge in [0.05, 0.1) is 0 Å². The maximum absolute atomic E-state index is 12.0.